The zero-order valence-electron chi connectivity index (χ0n) is 15.8. The molecule has 1 aliphatic heterocycles. The molecule has 148 valence electrons. The molecule has 0 saturated carbocycles. The van der Waals surface area contributed by atoms with Crippen molar-refractivity contribution in [2.75, 3.05) is 18.1 Å². The number of rotatable bonds is 5. The molecular formula is C21H19N3O5. The number of aromatic nitrogens is 2. The van der Waals surface area contributed by atoms with Crippen molar-refractivity contribution >= 4 is 17.6 Å². The van der Waals surface area contributed by atoms with E-state index in [1.807, 2.05) is 36.4 Å². The third kappa shape index (κ3) is 4.11. The van der Waals surface area contributed by atoms with Gasteiger partial charge in [-0.3, -0.25) is 14.5 Å². The average molecular weight is 393 g/mol. The lowest BCUT2D eigenvalue weighted by atomic mass is 10.2. The van der Waals surface area contributed by atoms with Gasteiger partial charge in [0, 0.05) is 5.56 Å². The van der Waals surface area contributed by atoms with Gasteiger partial charge in [-0.25, -0.2) is 0 Å². The van der Waals surface area contributed by atoms with E-state index in [0.29, 0.717) is 17.3 Å². The molecule has 2 heterocycles. The second-order valence-corrected chi connectivity index (χ2v) is 6.49. The fourth-order valence-electron chi connectivity index (χ4n) is 3.00. The van der Waals surface area contributed by atoms with Gasteiger partial charge in [0.05, 0.1) is 18.7 Å². The number of amides is 1. The molecule has 29 heavy (non-hydrogen) atoms. The average Bonchev–Trinajstić information content (AvgIpc) is 3.18. The Kier molecular flexibility index (Phi) is 5.24. The van der Waals surface area contributed by atoms with Gasteiger partial charge in [0.15, 0.2) is 6.10 Å². The summed E-state index contributed by atoms with van der Waals surface area (Å²) in [4.78, 5) is 26.3. The number of hydrogen-bond acceptors (Lipinski definition) is 7. The second-order valence-electron chi connectivity index (χ2n) is 6.49. The minimum Gasteiger partial charge on any atom is -0.491 e. The first-order valence-corrected chi connectivity index (χ1v) is 9.22. The molecule has 3 aromatic rings. The van der Waals surface area contributed by atoms with Crippen LogP contribution in [0.3, 0.4) is 0 Å². The van der Waals surface area contributed by atoms with Gasteiger partial charge in [-0.1, -0.05) is 30.3 Å². The van der Waals surface area contributed by atoms with E-state index < -0.39 is 12.1 Å². The van der Waals surface area contributed by atoms with Gasteiger partial charge in [-0.2, -0.15) is 0 Å². The molecule has 0 saturated heterocycles. The fourth-order valence-corrected chi connectivity index (χ4v) is 3.00. The lowest BCUT2D eigenvalue weighted by molar-refractivity contribution is -0.148. The number of fused-ring (bicyclic) bond motifs is 1. The topological polar surface area (TPSA) is 94.8 Å². The molecule has 0 unspecified atom stereocenters. The molecule has 1 amide bonds. The Morgan fingerprint density at radius 3 is 2.72 bits per heavy atom. The van der Waals surface area contributed by atoms with Crippen LogP contribution >= 0.6 is 0 Å². The number of benzene rings is 2. The summed E-state index contributed by atoms with van der Waals surface area (Å²) in [5, 5.41) is 7.96. The summed E-state index contributed by atoms with van der Waals surface area (Å²) >= 11 is 0. The Hall–Kier alpha value is -3.68. The number of para-hydroxylation sites is 2. The molecule has 1 aliphatic rings. The predicted molar refractivity (Wildman–Crippen MR) is 103 cm³/mol. The molecule has 1 atom stereocenters. The van der Waals surface area contributed by atoms with E-state index in [2.05, 4.69) is 10.2 Å². The van der Waals surface area contributed by atoms with Crippen LogP contribution in [-0.2, 0) is 14.3 Å². The summed E-state index contributed by atoms with van der Waals surface area (Å²) in [5.41, 5.74) is 1.32. The van der Waals surface area contributed by atoms with E-state index in [4.69, 9.17) is 13.9 Å². The minimum absolute atomic E-state index is 0.182. The van der Waals surface area contributed by atoms with Crippen molar-refractivity contribution in [2.24, 2.45) is 0 Å². The highest BCUT2D eigenvalue weighted by Crippen LogP contribution is 2.31. The maximum atomic E-state index is 12.5. The highest BCUT2D eigenvalue weighted by Gasteiger charge is 2.27. The summed E-state index contributed by atoms with van der Waals surface area (Å²) in [6.45, 7) is 1.67. The lowest BCUT2D eigenvalue weighted by Gasteiger charge is -2.21. The fraction of sp³-hybridized carbons (Fsp3) is 0.238. The normalized spacial score (nSPS) is 14.5. The third-order valence-corrected chi connectivity index (χ3v) is 4.44. The van der Waals surface area contributed by atoms with Gasteiger partial charge in [-0.05, 0) is 31.2 Å². The highest BCUT2D eigenvalue weighted by molar-refractivity contribution is 5.99. The maximum Gasteiger partial charge on any atom is 0.326 e. The lowest BCUT2D eigenvalue weighted by Crippen LogP contribution is -2.36. The number of nitrogens with zero attached hydrogens (tertiary/aromatic N) is 3. The Labute approximate surface area is 167 Å². The van der Waals surface area contributed by atoms with Crippen molar-refractivity contribution in [1.82, 2.24) is 10.2 Å². The molecule has 4 rings (SSSR count). The van der Waals surface area contributed by atoms with Crippen LogP contribution in [0.4, 0.5) is 5.69 Å². The van der Waals surface area contributed by atoms with E-state index in [9.17, 15) is 9.59 Å². The van der Waals surface area contributed by atoms with E-state index in [1.54, 1.807) is 25.1 Å². The number of hydrogen-bond donors (Lipinski definition) is 0. The number of carbonyl (C=O) groups is 2. The van der Waals surface area contributed by atoms with Crippen LogP contribution < -0.4 is 9.64 Å². The summed E-state index contributed by atoms with van der Waals surface area (Å²) in [6, 6.07) is 16.4. The molecule has 0 bridgehead atoms. The van der Waals surface area contributed by atoms with Crippen molar-refractivity contribution in [3.05, 3.63) is 60.5 Å². The van der Waals surface area contributed by atoms with Crippen LogP contribution in [0.25, 0.3) is 11.5 Å². The van der Waals surface area contributed by atoms with E-state index in [-0.39, 0.29) is 31.4 Å². The summed E-state index contributed by atoms with van der Waals surface area (Å²) in [7, 11) is 0. The van der Waals surface area contributed by atoms with Crippen molar-refractivity contribution < 1.29 is 23.5 Å². The number of esters is 1. The van der Waals surface area contributed by atoms with Crippen LogP contribution in [0.5, 0.6) is 5.75 Å². The van der Waals surface area contributed by atoms with Gasteiger partial charge in [0.25, 0.3) is 5.89 Å². The van der Waals surface area contributed by atoms with Crippen molar-refractivity contribution in [1.29, 1.82) is 0 Å². The van der Waals surface area contributed by atoms with Crippen LogP contribution in [0, 0.1) is 0 Å². The van der Waals surface area contributed by atoms with Gasteiger partial charge >= 0.3 is 5.97 Å². The molecule has 8 nitrogen and oxygen atoms in total. The third-order valence-electron chi connectivity index (χ3n) is 4.44. The Balaban J connectivity index is 1.44. The largest absolute Gasteiger partial charge is 0.491 e. The van der Waals surface area contributed by atoms with Gasteiger partial charge in [0.2, 0.25) is 11.8 Å². The first-order valence-electron chi connectivity index (χ1n) is 9.22. The minimum atomic E-state index is -0.749. The first-order chi connectivity index (χ1) is 14.1. The standard InChI is InChI=1S/C21H19N3O5/c1-14(20-22-23-21(29-20)15-7-3-2-4-8-15)28-19(26)13-24-16-9-5-6-10-17(16)27-12-11-18(24)25/h2-10,14H,11-13H2,1H3/t14-/m0/s1. The zero-order chi connectivity index (χ0) is 20.2. The molecule has 2 aromatic carbocycles. The van der Waals surface area contributed by atoms with Crippen molar-refractivity contribution in [2.45, 2.75) is 19.4 Å². The van der Waals surface area contributed by atoms with E-state index >= 15 is 0 Å². The smallest absolute Gasteiger partial charge is 0.326 e. The number of ether oxygens (including phenoxy) is 2. The summed E-state index contributed by atoms with van der Waals surface area (Å²) in [5.74, 6) is 0.301. The molecule has 0 radical (unpaired) electrons. The van der Waals surface area contributed by atoms with Crippen LogP contribution in [-0.4, -0.2) is 35.2 Å². The Morgan fingerprint density at radius 1 is 1.14 bits per heavy atom. The summed E-state index contributed by atoms with van der Waals surface area (Å²) in [6.07, 6.45) is -0.567. The Morgan fingerprint density at radius 2 is 1.90 bits per heavy atom. The number of anilines is 1. The first kappa shape index (κ1) is 18.7. The quantitative estimate of drug-likeness (QED) is 0.615. The van der Waals surface area contributed by atoms with Gasteiger partial charge in [0.1, 0.15) is 12.3 Å². The SMILES string of the molecule is C[C@H](OC(=O)CN1C(=O)CCOc2ccccc21)c1nnc(-c2ccccc2)o1. The molecule has 0 aliphatic carbocycles. The monoisotopic (exact) mass is 393 g/mol. The number of carbonyl (C=O) groups excluding carboxylic acids is 2. The predicted octanol–water partition coefficient (Wildman–Crippen LogP) is 3.16. The molecule has 1 aromatic heterocycles. The molecule has 0 N–H and O–H groups in total. The van der Waals surface area contributed by atoms with Crippen LogP contribution in [0.15, 0.2) is 59.0 Å². The van der Waals surface area contributed by atoms with Crippen molar-refractivity contribution in [3.8, 4) is 17.2 Å². The molecule has 0 fully saturated rings. The van der Waals surface area contributed by atoms with Crippen molar-refractivity contribution in [3.63, 3.8) is 0 Å². The second kappa shape index (κ2) is 8.14. The molecule has 0 spiro atoms. The highest BCUT2D eigenvalue weighted by atomic mass is 16.6. The molecule has 8 heteroatoms. The van der Waals surface area contributed by atoms with Crippen LogP contribution in [0.1, 0.15) is 25.3 Å². The summed E-state index contributed by atoms with van der Waals surface area (Å²) < 4.78 is 16.6. The van der Waals surface area contributed by atoms with E-state index in [1.165, 1.54) is 4.90 Å². The molecular weight excluding hydrogens is 374 g/mol. The maximum absolute atomic E-state index is 12.5. The van der Waals surface area contributed by atoms with Crippen LogP contribution in [0.2, 0.25) is 0 Å². The van der Waals surface area contributed by atoms with Gasteiger partial charge < -0.3 is 13.9 Å². The van der Waals surface area contributed by atoms with Gasteiger partial charge in [-0.15, -0.1) is 10.2 Å². The van der Waals surface area contributed by atoms with E-state index in [0.717, 1.165) is 5.56 Å². The zero-order valence-corrected chi connectivity index (χ0v) is 15.8. The Bertz CT molecular complexity index is 1020.